The van der Waals surface area contributed by atoms with E-state index in [0.717, 1.165) is 12.2 Å². The molecule has 14 heavy (non-hydrogen) atoms. The minimum absolute atomic E-state index is 0.574. The molecule has 0 aliphatic carbocycles. The van der Waals surface area contributed by atoms with Crippen LogP contribution in [0.15, 0.2) is 12.3 Å². The van der Waals surface area contributed by atoms with Crippen LogP contribution in [0.5, 0.6) is 0 Å². The van der Waals surface area contributed by atoms with Gasteiger partial charge in [-0.05, 0) is 12.8 Å². The summed E-state index contributed by atoms with van der Waals surface area (Å²) in [5, 5.41) is 7.76. The summed E-state index contributed by atoms with van der Waals surface area (Å²) in [6.45, 7) is 4.45. The topological polar surface area (TPSA) is 29.9 Å². The number of aromatic nitrogens is 2. The van der Waals surface area contributed by atoms with Crippen LogP contribution in [0.2, 0.25) is 0 Å². The highest BCUT2D eigenvalue weighted by atomic mass is 15.3. The van der Waals surface area contributed by atoms with Crippen molar-refractivity contribution in [1.82, 2.24) is 9.78 Å². The number of rotatable bonds is 6. The molecule has 0 spiro atoms. The maximum absolute atomic E-state index is 4.31. The van der Waals surface area contributed by atoms with E-state index in [9.17, 15) is 0 Å². The largest absolute Gasteiger partial charge is 0.366 e. The quantitative estimate of drug-likeness (QED) is 0.756. The first kappa shape index (κ1) is 11.1. The van der Waals surface area contributed by atoms with Crippen molar-refractivity contribution < 1.29 is 0 Å². The van der Waals surface area contributed by atoms with Gasteiger partial charge < -0.3 is 5.32 Å². The number of nitrogens with one attached hydrogen (secondary N) is 1. The van der Waals surface area contributed by atoms with Gasteiger partial charge in [-0.2, -0.15) is 5.10 Å². The van der Waals surface area contributed by atoms with Crippen LogP contribution in [0, 0.1) is 0 Å². The summed E-state index contributed by atoms with van der Waals surface area (Å²) in [6.07, 6.45) is 6.92. The number of nitrogens with zero attached hydrogens (tertiary/aromatic N) is 2. The molecule has 3 heteroatoms. The SMILES string of the molecule is CCCCC(CC)Nc1ccn(C)n1. The van der Waals surface area contributed by atoms with Crippen molar-refractivity contribution in [3.63, 3.8) is 0 Å². The number of hydrogen-bond donors (Lipinski definition) is 1. The van der Waals surface area contributed by atoms with E-state index in [2.05, 4.69) is 24.3 Å². The van der Waals surface area contributed by atoms with Crippen LogP contribution in [0.4, 0.5) is 5.82 Å². The standard InChI is InChI=1S/C11H21N3/c1-4-6-7-10(5-2)12-11-8-9-14(3)13-11/h8-10H,4-7H2,1-3H3,(H,12,13). The molecular weight excluding hydrogens is 174 g/mol. The number of anilines is 1. The molecule has 3 nitrogen and oxygen atoms in total. The summed E-state index contributed by atoms with van der Waals surface area (Å²) < 4.78 is 1.83. The Morgan fingerprint density at radius 3 is 2.79 bits per heavy atom. The molecule has 0 amide bonds. The molecule has 0 saturated heterocycles. The van der Waals surface area contributed by atoms with Crippen molar-refractivity contribution in [2.45, 2.75) is 45.6 Å². The lowest BCUT2D eigenvalue weighted by Gasteiger charge is -2.15. The van der Waals surface area contributed by atoms with Crippen molar-refractivity contribution in [2.24, 2.45) is 7.05 Å². The summed E-state index contributed by atoms with van der Waals surface area (Å²) in [5.41, 5.74) is 0. The zero-order valence-corrected chi connectivity index (χ0v) is 9.45. The minimum atomic E-state index is 0.574. The van der Waals surface area contributed by atoms with E-state index >= 15 is 0 Å². The Balaban J connectivity index is 2.40. The highest BCUT2D eigenvalue weighted by Gasteiger charge is 2.06. The van der Waals surface area contributed by atoms with Crippen LogP contribution in [0.1, 0.15) is 39.5 Å². The summed E-state index contributed by atoms with van der Waals surface area (Å²) in [7, 11) is 1.94. The Kier molecular flexibility index (Phi) is 4.50. The zero-order chi connectivity index (χ0) is 10.4. The fourth-order valence-corrected chi connectivity index (χ4v) is 1.53. The molecule has 1 unspecified atom stereocenters. The van der Waals surface area contributed by atoms with Crippen molar-refractivity contribution in [3.05, 3.63) is 12.3 Å². The van der Waals surface area contributed by atoms with E-state index in [0.29, 0.717) is 6.04 Å². The number of unbranched alkanes of at least 4 members (excludes halogenated alkanes) is 1. The van der Waals surface area contributed by atoms with Gasteiger partial charge in [-0.3, -0.25) is 4.68 Å². The highest BCUT2D eigenvalue weighted by Crippen LogP contribution is 2.11. The molecular formula is C11H21N3. The number of hydrogen-bond acceptors (Lipinski definition) is 2. The molecule has 0 aliphatic heterocycles. The highest BCUT2D eigenvalue weighted by molar-refractivity contribution is 5.33. The Bertz CT molecular complexity index is 255. The Labute approximate surface area is 86.5 Å². The van der Waals surface area contributed by atoms with Gasteiger partial charge in [0.05, 0.1) is 0 Å². The molecule has 1 atom stereocenters. The first-order chi connectivity index (χ1) is 6.76. The van der Waals surface area contributed by atoms with Gasteiger partial charge in [0.25, 0.3) is 0 Å². The van der Waals surface area contributed by atoms with Crippen molar-refractivity contribution in [1.29, 1.82) is 0 Å². The van der Waals surface area contributed by atoms with Gasteiger partial charge in [0.1, 0.15) is 5.82 Å². The van der Waals surface area contributed by atoms with Crippen LogP contribution < -0.4 is 5.32 Å². The average Bonchev–Trinajstić information content (AvgIpc) is 2.58. The summed E-state index contributed by atoms with van der Waals surface area (Å²) in [4.78, 5) is 0. The van der Waals surface area contributed by atoms with Crippen LogP contribution in [-0.4, -0.2) is 15.8 Å². The second kappa shape index (κ2) is 5.68. The normalized spacial score (nSPS) is 12.8. The predicted molar refractivity (Wildman–Crippen MR) is 60.4 cm³/mol. The third kappa shape index (κ3) is 3.40. The minimum Gasteiger partial charge on any atom is -0.366 e. The molecule has 1 heterocycles. The first-order valence-corrected chi connectivity index (χ1v) is 5.52. The Morgan fingerprint density at radius 2 is 2.29 bits per heavy atom. The van der Waals surface area contributed by atoms with Gasteiger partial charge in [0.15, 0.2) is 0 Å². The second-order valence-corrected chi connectivity index (χ2v) is 3.77. The molecule has 0 saturated carbocycles. The molecule has 0 radical (unpaired) electrons. The molecule has 80 valence electrons. The molecule has 1 N–H and O–H groups in total. The Hall–Kier alpha value is -0.990. The van der Waals surface area contributed by atoms with Gasteiger partial charge in [-0.1, -0.05) is 26.7 Å². The molecule has 1 rings (SSSR count). The summed E-state index contributed by atoms with van der Waals surface area (Å²) in [5.74, 6) is 0.996. The molecule has 0 aromatic carbocycles. The summed E-state index contributed by atoms with van der Waals surface area (Å²) in [6, 6.07) is 2.60. The van der Waals surface area contributed by atoms with Gasteiger partial charge in [0.2, 0.25) is 0 Å². The van der Waals surface area contributed by atoms with Crippen molar-refractivity contribution in [3.8, 4) is 0 Å². The second-order valence-electron chi connectivity index (χ2n) is 3.77. The van der Waals surface area contributed by atoms with Gasteiger partial charge in [0, 0.05) is 25.4 Å². The lowest BCUT2D eigenvalue weighted by Crippen LogP contribution is -2.18. The monoisotopic (exact) mass is 195 g/mol. The van der Waals surface area contributed by atoms with Crippen LogP contribution >= 0.6 is 0 Å². The van der Waals surface area contributed by atoms with E-state index < -0.39 is 0 Å². The third-order valence-corrected chi connectivity index (χ3v) is 2.46. The fraction of sp³-hybridized carbons (Fsp3) is 0.727. The lowest BCUT2D eigenvalue weighted by atomic mass is 10.1. The van der Waals surface area contributed by atoms with Crippen LogP contribution in [-0.2, 0) is 7.05 Å². The molecule has 1 aromatic rings. The Morgan fingerprint density at radius 1 is 1.50 bits per heavy atom. The first-order valence-electron chi connectivity index (χ1n) is 5.52. The van der Waals surface area contributed by atoms with Crippen LogP contribution in [0.25, 0.3) is 0 Å². The molecule has 1 aromatic heterocycles. The van der Waals surface area contributed by atoms with E-state index in [1.54, 1.807) is 0 Å². The number of aryl methyl sites for hydroxylation is 1. The van der Waals surface area contributed by atoms with Crippen molar-refractivity contribution in [2.75, 3.05) is 5.32 Å². The predicted octanol–water partition coefficient (Wildman–Crippen LogP) is 2.80. The maximum atomic E-state index is 4.31. The van der Waals surface area contributed by atoms with E-state index in [-0.39, 0.29) is 0 Å². The third-order valence-electron chi connectivity index (χ3n) is 2.46. The average molecular weight is 195 g/mol. The molecule has 0 fully saturated rings. The van der Waals surface area contributed by atoms with E-state index in [4.69, 9.17) is 0 Å². The smallest absolute Gasteiger partial charge is 0.148 e. The lowest BCUT2D eigenvalue weighted by molar-refractivity contribution is 0.590. The van der Waals surface area contributed by atoms with Crippen molar-refractivity contribution >= 4 is 5.82 Å². The zero-order valence-electron chi connectivity index (χ0n) is 9.45. The van der Waals surface area contributed by atoms with Gasteiger partial charge >= 0.3 is 0 Å². The fourth-order valence-electron chi connectivity index (χ4n) is 1.53. The maximum Gasteiger partial charge on any atom is 0.148 e. The molecule has 0 bridgehead atoms. The van der Waals surface area contributed by atoms with Gasteiger partial charge in [-0.25, -0.2) is 0 Å². The van der Waals surface area contributed by atoms with Crippen LogP contribution in [0.3, 0.4) is 0 Å². The van der Waals surface area contributed by atoms with E-state index in [1.165, 1.54) is 19.3 Å². The van der Waals surface area contributed by atoms with Gasteiger partial charge in [-0.15, -0.1) is 0 Å². The summed E-state index contributed by atoms with van der Waals surface area (Å²) >= 11 is 0. The molecule has 0 aliphatic rings. The van der Waals surface area contributed by atoms with E-state index in [1.807, 2.05) is 24.0 Å².